The number of methoxy groups -OCH3 is 1. The predicted octanol–water partition coefficient (Wildman–Crippen LogP) is 5.60. The first kappa shape index (κ1) is 26.0. The van der Waals surface area contributed by atoms with Gasteiger partial charge in [-0.25, -0.2) is 9.48 Å². The van der Waals surface area contributed by atoms with Crippen molar-refractivity contribution in [2.45, 2.75) is 38.8 Å². The summed E-state index contributed by atoms with van der Waals surface area (Å²) in [6.07, 6.45) is 6.23. The van der Waals surface area contributed by atoms with Gasteiger partial charge in [0, 0.05) is 29.4 Å². The standard InChI is InChI=1S/C33H32N4O2/c1-33(2)19-20-36(23-29-24-37(35-34-29)22-28-7-5-4-6-8-28)31-17-15-27(21-30(31)33)14-13-25-9-11-26(12-10-25)16-18-32(38)39-3/h4-12,15-18,21,24H,19-20,22-23H2,1-3H3/b18-16+. The van der Waals surface area contributed by atoms with Gasteiger partial charge in [-0.05, 0) is 64.9 Å². The van der Waals surface area contributed by atoms with Crippen LogP contribution in [0.2, 0.25) is 0 Å². The van der Waals surface area contributed by atoms with Gasteiger partial charge in [0.05, 0.1) is 26.4 Å². The molecule has 3 aromatic carbocycles. The van der Waals surface area contributed by atoms with Gasteiger partial charge in [-0.15, -0.1) is 5.10 Å². The Hall–Kier alpha value is -4.63. The highest BCUT2D eigenvalue weighted by atomic mass is 16.5. The molecular weight excluding hydrogens is 484 g/mol. The van der Waals surface area contributed by atoms with Crippen molar-refractivity contribution < 1.29 is 9.53 Å². The first-order valence-electron chi connectivity index (χ1n) is 13.1. The van der Waals surface area contributed by atoms with Crippen molar-refractivity contribution in [2.75, 3.05) is 18.6 Å². The minimum Gasteiger partial charge on any atom is -0.466 e. The molecule has 0 spiro atoms. The van der Waals surface area contributed by atoms with Gasteiger partial charge in [0.1, 0.15) is 5.69 Å². The number of anilines is 1. The van der Waals surface area contributed by atoms with E-state index in [1.807, 2.05) is 53.3 Å². The van der Waals surface area contributed by atoms with E-state index >= 15 is 0 Å². The van der Waals surface area contributed by atoms with Crippen LogP contribution in [0.15, 0.2) is 85.1 Å². The molecule has 2 heterocycles. The maximum Gasteiger partial charge on any atom is 0.330 e. The molecular formula is C33H32N4O2. The number of benzene rings is 3. The average Bonchev–Trinajstić information content (AvgIpc) is 3.40. The van der Waals surface area contributed by atoms with Crippen LogP contribution in [0.3, 0.4) is 0 Å². The molecule has 6 heteroatoms. The Balaban J connectivity index is 1.31. The van der Waals surface area contributed by atoms with Crippen molar-refractivity contribution >= 4 is 17.7 Å². The minimum absolute atomic E-state index is 0.0576. The summed E-state index contributed by atoms with van der Waals surface area (Å²) in [4.78, 5) is 13.7. The van der Waals surface area contributed by atoms with Crippen LogP contribution in [0.25, 0.3) is 6.08 Å². The lowest BCUT2D eigenvalue weighted by Gasteiger charge is -2.40. The van der Waals surface area contributed by atoms with E-state index in [0.29, 0.717) is 6.54 Å². The number of carbonyl (C=O) groups is 1. The second-order valence-corrected chi connectivity index (χ2v) is 10.4. The summed E-state index contributed by atoms with van der Waals surface area (Å²) in [6.45, 7) is 7.01. The van der Waals surface area contributed by atoms with Crippen LogP contribution in [0, 0.1) is 11.8 Å². The number of aromatic nitrogens is 3. The topological polar surface area (TPSA) is 60.2 Å². The van der Waals surface area contributed by atoms with E-state index in [1.54, 1.807) is 6.08 Å². The maximum absolute atomic E-state index is 11.3. The SMILES string of the molecule is COC(=O)/C=C/c1ccc(C#Cc2ccc3c(c2)C(C)(C)CCN3Cc2cn(Cc3ccccc3)nn2)cc1. The molecule has 196 valence electrons. The number of hydrogen-bond donors (Lipinski definition) is 0. The van der Waals surface area contributed by atoms with Crippen LogP contribution in [0.1, 0.15) is 53.8 Å². The molecule has 0 atom stereocenters. The molecule has 6 nitrogen and oxygen atoms in total. The van der Waals surface area contributed by atoms with Crippen LogP contribution < -0.4 is 4.90 Å². The zero-order valence-corrected chi connectivity index (χ0v) is 22.6. The number of ether oxygens (including phenoxy) is 1. The number of nitrogens with zero attached hydrogens (tertiary/aromatic N) is 4. The summed E-state index contributed by atoms with van der Waals surface area (Å²) >= 11 is 0. The fourth-order valence-corrected chi connectivity index (χ4v) is 4.77. The first-order valence-corrected chi connectivity index (χ1v) is 13.1. The first-order chi connectivity index (χ1) is 18.9. The van der Waals surface area contributed by atoms with E-state index in [9.17, 15) is 4.79 Å². The van der Waals surface area contributed by atoms with Crippen LogP contribution in [-0.2, 0) is 28.0 Å². The molecule has 0 aliphatic carbocycles. The van der Waals surface area contributed by atoms with Gasteiger partial charge in [0.15, 0.2) is 0 Å². The Morgan fingerprint density at radius 3 is 2.51 bits per heavy atom. The lowest BCUT2D eigenvalue weighted by Crippen LogP contribution is -2.37. The fourth-order valence-electron chi connectivity index (χ4n) is 4.77. The van der Waals surface area contributed by atoms with Crippen LogP contribution in [-0.4, -0.2) is 34.6 Å². The van der Waals surface area contributed by atoms with Crippen LogP contribution in [0.4, 0.5) is 5.69 Å². The summed E-state index contributed by atoms with van der Waals surface area (Å²) in [7, 11) is 1.37. The van der Waals surface area contributed by atoms with Crippen molar-refractivity contribution in [2.24, 2.45) is 0 Å². The summed E-state index contributed by atoms with van der Waals surface area (Å²) in [5.74, 6) is 6.23. The van der Waals surface area contributed by atoms with Crippen molar-refractivity contribution in [1.82, 2.24) is 15.0 Å². The van der Waals surface area contributed by atoms with E-state index in [2.05, 4.69) is 76.0 Å². The number of hydrogen-bond acceptors (Lipinski definition) is 5. The van der Waals surface area contributed by atoms with E-state index in [1.165, 1.54) is 30.0 Å². The number of esters is 1. The molecule has 39 heavy (non-hydrogen) atoms. The average molecular weight is 517 g/mol. The summed E-state index contributed by atoms with van der Waals surface area (Å²) in [5.41, 5.74) is 7.60. The Labute approximate surface area is 229 Å². The van der Waals surface area contributed by atoms with Gasteiger partial charge < -0.3 is 9.64 Å². The molecule has 0 saturated heterocycles. The highest BCUT2D eigenvalue weighted by molar-refractivity contribution is 5.86. The smallest absolute Gasteiger partial charge is 0.330 e. The Bertz CT molecular complexity index is 1540. The Kier molecular flexibility index (Phi) is 7.60. The van der Waals surface area contributed by atoms with Crippen LogP contribution >= 0.6 is 0 Å². The molecule has 4 aromatic rings. The maximum atomic E-state index is 11.3. The molecule has 1 aliphatic rings. The molecule has 1 aromatic heterocycles. The van der Waals surface area contributed by atoms with Crippen molar-refractivity contribution in [3.05, 3.63) is 119 Å². The van der Waals surface area contributed by atoms with Crippen LogP contribution in [0.5, 0.6) is 0 Å². The molecule has 1 aliphatic heterocycles. The largest absolute Gasteiger partial charge is 0.466 e. The molecule has 5 rings (SSSR count). The second-order valence-electron chi connectivity index (χ2n) is 10.4. The van der Waals surface area contributed by atoms with E-state index in [-0.39, 0.29) is 11.4 Å². The predicted molar refractivity (Wildman–Crippen MR) is 154 cm³/mol. The summed E-state index contributed by atoms with van der Waals surface area (Å²) in [6, 6.07) is 24.6. The zero-order chi connectivity index (χ0) is 27.2. The summed E-state index contributed by atoms with van der Waals surface area (Å²) < 4.78 is 6.54. The van der Waals surface area contributed by atoms with Gasteiger partial charge in [0.2, 0.25) is 0 Å². The molecule has 0 N–H and O–H groups in total. The zero-order valence-electron chi connectivity index (χ0n) is 22.6. The third kappa shape index (κ3) is 6.45. The van der Waals surface area contributed by atoms with Crippen molar-refractivity contribution in [1.29, 1.82) is 0 Å². The second kappa shape index (κ2) is 11.4. The van der Waals surface area contributed by atoms with Crippen molar-refractivity contribution in [3.63, 3.8) is 0 Å². The fraction of sp³-hybridized carbons (Fsp3) is 0.242. The molecule has 0 saturated carbocycles. The molecule has 0 amide bonds. The molecule has 0 fully saturated rings. The molecule has 0 unspecified atom stereocenters. The van der Waals surface area contributed by atoms with Gasteiger partial charge in [-0.3, -0.25) is 0 Å². The lowest BCUT2D eigenvalue weighted by atomic mass is 9.77. The number of carbonyl (C=O) groups excluding carboxylic acids is 1. The van der Waals surface area contributed by atoms with Crippen molar-refractivity contribution in [3.8, 4) is 11.8 Å². The monoisotopic (exact) mass is 516 g/mol. The highest BCUT2D eigenvalue weighted by Crippen LogP contribution is 2.40. The Morgan fingerprint density at radius 1 is 1.00 bits per heavy atom. The van der Waals surface area contributed by atoms with E-state index < -0.39 is 0 Å². The normalized spacial score (nSPS) is 14.0. The quantitative estimate of drug-likeness (QED) is 0.190. The molecule has 0 radical (unpaired) electrons. The van der Waals surface area contributed by atoms with E-state index in [0.717, 1.165) is 41.9 Å². The third-order valence-corrected chi connectivity index (χ3v) is 7.07. The third-order valence-electron chi connectivity index (χ3n) is 7.07. The van der Waals surface area contributed by atoms with Gasteiger partial charge in [-0.2, -0.15) is 0 Å². The highest BCUT2D eigenvalue weighted by Gasteiger charge is 2.31. The Morgan fingerprint density at radius 2 is 1.74 bits per heavy atom. The molecule has 0 bridgehead atoms. The van der Waals surface area contributed by atoms with Gasteiger partial charge in [-0.1, -0.05) is 73.4 Å². The number of fused-ring (bicyclic) bond motifs is 1. The minimum atomic E-state index is -0.373. The summed E-state index contributed by atoms with van der Waals surface area (Å²) in [5, 5.41) is 8.80. The van der Waals surface area contributed by atoms with Gasteiger partial charge >= 0.3 is 5.97 Å². The van der Waals surface area contributed by atoms with Gasteiger partial charge in [0.25, 0.3) is 0 Å². The number of rotatable bonds is 6. The lowest BCUT2D eigenvalue weighted by molar-refractivity contribution is -0.134. The van der Waals surface area contributed by atoms with E-state index in [4.69, 9.17) is 0 Å².